The van der Waals surface area contributed by atoms with E-state index in [0.29, 0.717) is 0 Å². The largest absolute Gasteiger partial charge is 0.478 e. The molecule has 2 amide bonds. The normalized spacial score (nSPS) is 15.4. The Kier molecular flexibility index (Phi) is 10.1. The second-order valence-electron chi connectivity index (χ2n) is 11.0. The summed E-state index contributed by atoms with van der Waals surface area (Å²) in [7, 11) is 3.40. The molecule has 0 saturated heterocycles. The zero-order valence-corrected chi connectivity index (χ0v) is 22.4. The summed E-state index contributed by atoms with van der Waals surface area (Å²) in [5, 5.41) is 15.5. The molecule has 0 heterocycles. The summed E-state index contributed by atoms with van der Waals surface area (Å²) in [6.07, 6.45) is 1.60. The number of hydrogen-bond donors (Lipinski definition) is 3. The van der Waals surface area contributed by atoms with E-state index in [2.05, 4.69) is 10.6 Å². The van der Waals surface area contributed by atoms with E-state index >= 15 is 0 Å². The Labute approximate surface area is 205 Å². The molecule has 190 valence electrons. The lowest BCUT2D eigenvalue weighted by Gasteiger charge is -2.39. The van der Waals surface area contributed by atoms with Gasteiger partial charge in [0, 0.05) is 18.0 Å². The van der Waals surface area contributed by atoms with Gasteiger partial charge in [0.15, 0.2) is 0 Å². The van der Waals surface area contributed by atoms with Gasteiger partial charge in [-0.1, -0.05) is 84.9 Å². The Morgan fingerprint density at radius 3 is 1.94 bits per heavy atom. The number of rotatable bonds is 10. The van der Waals surface area contributed by atoms with Crippen LogP contribution >= 0.6 is 0 Å². The molecule has 0 radical (unpaired) electrons. The molecule has 0 fully saturated rings. The van der Waals surface area contributed by atoms with Crippen molar-refractivity contribution < 1.29 is 19.5 Å². The van der Waals surface area contributed by atoms with Crippen molar-refractivity contribution in [2.24, 2.45) is 11.3 Å². The number of aliphatic carboxylic acids is 1. The second-order valence-corrected chi connectivity index (χ2v) is 11.0. The number of likely N-dealkylation sites (N-methyl/N-ethyl adjacent to an activating group) is 2. The van der Waals surface area contributed by atoms with Crippen LogP contribution in [0.2, 0.25) is 0 Å². The molecule has 1 rings (SSSR count). The van der Waals surface area contributed by atoms with E-state index in [9.17, 15) is 19.5 Å². The fraction of sp³-hybridized carbons (Fsp3) is 0.593. The highest BCUT2D eigenvalue weighted by Crippen LogP contribution is 2.29. The van der Waals surface area contributed by atoms with Crippen molar-refractivity contribution in [1.29, 1.82) is 0 Å². The molecule has 1 aromatic rings. The Morgan fingerprint density at radius 1 is 1.00 bits per heavy atom. The van der Waals surface area contributed by atoms with Gasteiger partial charge in [-0.25, -0.2) is 4.79 Å². The number of carboxylic acid groups (broad SMARTS) is 1. The first-order valence-corrected chi connectivity index (χ1v) is 11.8. The third-order valence-corrected chi connectivity index (χ3v) is 6.43. The average Bonchev–Trinajstić information content (AvgIpc) is 2.74. The Hall–Kier alpha value is -2.67. The maximum Gasteiger partial charge on any atom is 0.331 e. The first-order chi connectivity index (χ1) is 15.5. The molecule has 3 atom stereocenters. The van der Waals surface area contributed by atoms with Crippen LogP contribution in [0.5, 0.6) is 0 Å². The molecule has 0 aromatic heterocycles. The van der Waals surface area contributed by atoms with Crippen LogP contribution in [0.15, 0.2) is 42.0 Å². The van der Waals surface area contributed by atoms with Gasteiger partial charge in [0.2, 0.25) is 11.8 Å². The molecule has 0 aliphatic rings. The quantitative estimate of drug-likeness (QED) is 0.451. The Balaban J connectivity index is 3.29. The lowest BCUT2D eigenvalue weighted by molar-refractivity contribution is -0.141. The molecule has 0 spiro atoms. The number of nitrogens with zero attached hydrogens (tertiary/aromatic N) is 1. The van der Waals surface area contributed by atoms with Crippen LogP contribution in [-0.2, 0) is 19.8 Å². The fourth-order valence-corrected chi connectivity index (χ4v) is 4.16. The topological polar surface area (TPSA) is 98.7 Å². The SMILES string of the molecule is CNC(C(=O)N[C@H](C(=O)N(C)[C@@H](/C=C(\C)C(=O)O)C(C)C)C(C)(C)C)C(C)(C)c1ccccc1. The minimum atomic E-state index is -1.02. The van der Waals surface area contributed by atoms with Crippen LogP contribution in [0.1, 0.15) is 61.0 Å². The molecular formula is C27H43N3O4. The van der Waals surface area contributed by atoms with Crippen LogP contribution in [0.4, 0.5) is 0 Å². The van der Waals surface area contributed by atoms with Crippen LogP contribution in [0, 0.1) is 11.3 Å². The molecule has 0 saturated carbocycles. The minimum absolute atomic E-state index is 0.0124. The zero-order chi connectivity index (χ0) is 26.4. The van der Waals surface area contributed by atoms with Crippen molar-refractivity contribution in [3.8, 4) is 0 Å². The molecule has 1 aromatic carbocycles. The lowest BCUT2D eigenvalue weighted by atomic mass is 9.76. The lowest BCUT2D eigenvalue weighted by Crippen LogP contribution is -2.61. The molecule has 7 nitrogen and oxygen atoms in total. The number of carbonyl (C=O) groups excluding carboxylic acids is 2. The van der Waals surface area contributed by atoms with Crippen LogP contribution in [-0.4, -0.2) is 60.0 Å². The predicted molar refractivity (Wildman–Crippen MR) is 136 cm³/mol. The molecule has 3 N–H and O–H groups in total. The summed E-state index contributed by atoms with van der Waals surface area (Å²) in [5.41, 5.74) is 0.0895. The van der Waals surface area contributed by atoms with Crippen molar-refractivity contribution in [1.82, 2.24) is 15.5 Å². The summed E-state index contributed by atoms with van der Waals surface area (Å²) in [4.78, 5) is 40.1. The monoisotopic (exact) mass is 473 g/mol. The van der Waals surface area contributed by atoms with Crippen molar-refractivity contribution in [3.05, 3.63) is 47.5 Å². The highest BCUT2D eigenvalue weighted by atomic mass is 16.4. The maximum absolute atomic E-state index is 13.7. The number of amides is 2. The van der Waals surface area contributed by atoms with E-state index < -0.39 is 34.9 Å². The maximum atomic E-state index is 13.7. The molecule has 1 unspecified atom stereocenters. The smallest absolute Gasteiger partial charge is 0.331 e. The average molecular weight is 474 g/mol. The number of carboxylic acids is 1. The summed E-state index contributed by atoms with van der Waals surface area (Å²) >= 11 is 0. The summed E-state index contributed by atoms with van der Waals surface area (Å²) in [6.45, 7) is 15.1. The first kappa shape index (κ1) is 29.4. The van der Waals surface area contributed by atoms with Gasteiger partial charge < -0.3 is 20.6 Å². The number of benzene rings is 1. The van der Waals surface area contributed by atoms with Gasteiger partial charge >= 0.3 is 5.97 Å². The Morgan fingerprint density at radius 2 is 1.53 bits per heavy atom. The molecular weight excluding hydrogens is 430 g/mol. The molecule has 0 aliphatic carbocycles. The van der Waals surface area contributed by atoms with Gasteiger partial charge in [-0.3, -0.25) is 9.59 Å². The summed E-state index contributed by atoms with van der Waals surface area (Å²) in [5.74, 6) is -1.56. The van der Waals surface area contributed by atoms with Gasteiger partial charge in [-0.2, -0.15) is 0 Å². The summed E-state index contributed by atoms with van der Waals surface area (Å²) < 4.78 is 0. The molecule has 0 aliphatic heterocycles. The van der Waals surface area contributed by atoms with E-state index in [4.69, 9.17) is 0 Å². The molecule has 0 bridgehead atoms. The van der Waals surface area contributed by atoms with Crippen molar-refractivity contribution in [3.63, 3.8) is 0 Å². The van der Waals surface area contributed by atoms with E-state index in [0.717, 1.165) is 5.56 Å². The van der Waals surface area contributed by atoms with Crippen LogP contribution in [0.3, 0.4) is 0 Å². The summed E-state index contributed by atoms with van der Waals surface area (Å²) in [6, 6.07) is 7.99. The predicted octanol–water partition coefficient (Wildman–Crippen LogP) is 3.60. The zero-order valence-electron chi connectivity index (χ0n) is 22.4. The third-order valence-electron chi connectivity index (χ3n) is 6.43. The van der Waals surface area contributed by atoms with Gasteiger partial charge in [0.25, 0.3) is 0 Å². The minimum Gasteiger partial charge on any atom is -0.478 e. The second kappa shape index (κ2) is 11.6. The fourth-order valence-electron chi connectivity index (χ4n) is 4.16. The Bertz CT molecular complexity index is 885. The number of nitrogens with one attached hydrogen (secondary N) is 2. The first-order valence-electron chi connectivity index (χ1n) is 11.8. The van der Waals surface area contributed by atoms with Gasteiger partial charge in [-0.05, 0) is 30.9 Å². The van der Waals surface area contributed by atoms with E-state index in [1.54, 1.807) is 25.1 Å². The molecule has 7 heteroatoms. The van der Waals surface area contributed by atoms with Crippen molar-refractivity contribution in [2.45, 2.75) is 78.9 Å². The van der Waals surface area contributed by atoms with Crippen LogP contribution in [0.25, 0.3) is 0 Å². The number of hydrogen-bond acceptors (Lipinski definition) is 4. The van der Waals surface area contributed by atoms with E-state index in [1.807, 2.05) is 78.8 Å². The van der Waals surface area contributed by atoms with Gasteiger partial charge in [-0.15, -0.1) is 0 Å². The van der Waals surface area contributed by atoms with Gasteiger partial charge in [0.05, 0.1) is 12.1 Å². The van der Waals surface area contributed by atoms with Crippen LogP contribution < -0.4 is 10.6 Å². The molecule has 34 heavy (non-hydrogen) atoms. The number of carbonyl (C=O) groups is 3. The van der Waals surface area contributed by atoms with Gasteiger partial charge in [0.1, 0.15) is 6.04 Å². The highest BCUT2D eigenvalue weighted by molar-refractivity contribution is 5.91. The standard InChI is InChI=1S/C27H43N3O4/c1-17(2)20(16-18(3)25(33)34)30(10)24(32)22(26(4,5)6)29-23(31)21(28-9)27(7,8)19-14-12-11-13-15-19/h11-17,20-22,28H,1-10H3,(H,29,31)(H,33,34)/b18-16+/t20-,21?,22+/m0/s1. The van der Waals surface area contributed by atoms with E-state index in [-0.39, 0.29) is 23.3 Å². The third kappa shape index (κ3) is 7.16. The highest BCUT2D eigenvalue weighted by Gasteiger charge is 2.41. The van der Waals surface area contributed by atoms with E-state index in [1.165, 1.54) is 6.92 Å². The van der Waals surface area contributed by atoms with Crippen molar-refractivity contribution >= 4 is 17.8 Å². The van der Waals surface area contributed by atoms with Crippen molar-refractivity contribution in [2.75, 3.05) is 14.1 Å².